The number of rotatable bonds is 6. The van der Waals surface area contributed by atoms with Gasteiger partial charge in [0, 0.05) is 0 Å². The summed E-state index contributed by atoms with van der Waals surface area (Å²) in [6.45, 7) is 1.82. The van der Waals surface area contributed by atoms with E-state index in [0.717, 1.165) is 23.2 Å². The number of carboxylic acid groups (broad SMARTS) is 1. The van der Waals surface area contributed by atoms with Gasteiger partial charge in [-0.25, -0.2) is 9.97 Å². The molecule has 0 saturated carbocycles. The summed E-state index contributed by atoms with van der Waals surface area (Å²) in [7, 11) is 1.60. The Morgan fingerprint density at radius 1 is 1.33 bits per heavy atom. The molecule has 24 heavy (non-hydrogen) atoms. The zero-order valence-corrected chi connectivity index (χ0v) is 13.9. The van der Waals surface area contributed by atoms with Crippen molar-refractivity contribution in [2.24, 2.45) is 0 Å². The molecule has 0 spiro atoms. The number of aromatic nitrogens is 5. The Labute approximate surface area is 141 Å². The molecule has 0 aliphatic carbocycles. The van der Waals surface area contributed by atoms with Gasteiger partial charge in [-0.1, -0.05) is 23.9 Å². The van der Waals surface area contributed by atoms with Crippen LogP contribution in [-0.2, 0) is 4.79 Å². The summed E-state index contributed by atoms with van der Waals surface area (Å²) in [5, 5.41) is 17.4. The van der Waals surface area contributed by atoms with E-state index in [1.54, 1.807) is 11.8 Å². The number of methoxy groups -OCH3 is 1. The van der Waals surface area contributed by atoms with Crippen LogP contribution in [0.5, 0.6) is 5.75 Å². The highest BCUT2D eigenvalue weighted by molar-refractivity contribution is 8.00. The standard InChI is InChI=1S/C15H15N5O3S/c1-3-11(15(21)22)24-14-12-13(16-8-17-14)20(19-18-12)9-4-6-10(23-2)7-5-9/h4-8,11H,3H2,1-2H3,(H,21,22)/t11-/m1/s1. The first-order valence-corrected chi connectivity index (χ1v) is 8.12. The molecule has 0 unspecified atom stereocenters. The van der Waals surface area contributed by atoms with Gasteiger partial charge in [-0.2, -0.15) is 4.68 Å². The predicted octanol–water partition coefficient (Wildman–Crippen LogP) is 2.17. The fourth-order valence-corrected chi connectivity index (χ4v) is 3.04. The van der Waals surface area contributed by atoms with Crippen LogP contribution in [-0.4, -0.2) is 48.4 Å². The average Bonchev–Trinajstić information content (AvgIpc) is 3.04. The van der Waals surface area contributed by atoms with Crippen molar-refractivity contribution in [3.05, 3.63) is 30.6 Å². The van der Waals surface area contributed by atoms with Crippen molar-refractivity contribution in [3.8, 4) is 11.4 Å². The number of ether oxygens (including phenoxy) is 1. The van der Waals surface area contributed by atoms with Crippen LogP contribution in [0.25, 0.3) is 16.9 Å². The number of benzene rings is 1. The maximum Gasteiger partial charge on any atom is 0.317 e. The molecule has 1 aromatic carbocycles. The SMILES string of the molecule is CC[C@@H](Sc1ncnc2c1nnn2-c1ccc(OC)cc1)C(=O)O. The quantitative estimate of drug-likeness (QED) is 0.535. The van der Waals surface area contributed by atoms with E-state index in [4.69, 9.17) is 4.74 Å². The highest BCUT2D eigenvalue weighted by Gasteiger charge is 2.21. The van der Waals surface area contributed by atoms with Crippen LogP contribution in [0.4, 0.5) is 0 Å². The summed E-state index contributed by atoms with van der Waals surface area (Å²) in [6, 6.07) is 7.32. The van der Waals surface area contributed by atoms with Gasteiger partial charge in [0.1, 0.15) is 22.4 Å². The Bertz CT molecular complexity index is 865. The summed E-state index contributed by atoms with van der Waals surface area (Å²) < 4.78 is 6.73. The van der Waals surface area contributed by atoms with Crippen LogP contribution in [0.3, 0.4) is 0 Å². The Balaban J connectivity index is 2.00. The van der Waals surface area contributed by atoms with E-state index < -0.39 is 11.2 Å². The maximum atomic E-state index is 11.2. The van der Waals surface area contributed by atoms with E-state index in [1.165, 1.54) is 6.33 Å². The fraction of sp³-hybridized carbons (Fsp3) is 0.267. The van der Waals surface area contributed by atoms with Crippen molar-refractivity contribution in [1.29, 1.82) is 0 Å². The Kier molecular flexibility index (Phi) is 4.61. The second-order valence-corrected chi connectivity index (χ2v) is 6.09. The highest BCUT2D eigenvalue weighted by Crippen LogP contribution is 2.29. The third kappa shape index (κ3) is 3.02. The third-order valence-electron chi connectivity index (χ3n) is 3.42. The monoisotopic (exact) mass is 345 g/mol. The molecular formula is C15H15N5O3S. The van der Waals surface area contributed by atoms with Crippen molar-refractivity contribution in [2.75, 3.05) is 7.11 Å². The lowest BCUT2D eigenvalue weighted by molar-refractivity contribution is -0.136. The van der Waals surface area contributed by atoms with E-state index in [-0.39, 0.29) is 0 Å². The molecule has 9 heteroatoms. The first-order valence-electron chi connectivity index (χ1n) is 7.24. The molecule has 3 rings (SSSR count). The lowest BCUT2D eigenvalue weighted by Crippen LogP contribution is -2.15. The van der Waals surface area contributed by atoms with Gasteiger partial charge < -0.3 is 9.84 Å². The summed E-state index contributed by atoms with van der Waals surface area (Å²) >= 11 is 1.15. The summed E-state index contributed by atoms with van der Waals surface area (Å²) in [4.78, 5) is 19.6. The van der Waals surface area contributed by atoms with Crippen LogP contribution in [0, 0.1) is 0 Å². The number of hydrogen-bond donors (Lipinski definition) is 1. The fourth-order valence-electron chi connectivity index (χ4n) is 2.15. The second kappa shape index (κ2) is 6.83. The van der Waals surface area contributed by atoms with Crippen LogP contribution in [0.15, 0.2) is 35.6 Å². The third-order valence-corrected chi connectivity index (χ3v) is 4.76. The van der Waals surface area contributed by atoms with Gasteiger partial charge in [-0.05, 0) is 30.7 Å². The minimum absolute atomic E-state index is 0.484. The maximum absolute atomic E-state index is 11.2. The number of thioether (sulfide) groups is 1. The van der Waals surface area contributed by atoms with Gasteiger partial charge in [0.05, 0.1) is 12.8 Å². The topological polar surface area (TPSA) is 103 Å². The van der Waals surface area contributed by atoms with Crippen molar-refractivity contribution < 1.29 is 14.6 Å². The number of carbonyl (C=O) groups is 1. The zero-order valence-electron chi connectivity index (χ0n) is 13.1. The highest BCUT2D eigenvalue weighted by atomic mass is 32.2. The molecule has 0 saturated heterocycles. The van der Waals surface area contributed by atoms with Crippen LogP contribution >= 0.6 is 11.8 Å². The number of aliphatic carboxylic acids is 1. The number of hydrogen-bond acceptors (Lipinski definition) is 7. The molecule has 0 bridgehead atoms. The van der Waals surface area contributed by atoms with E-state index in [0.29, 0.717) is 22.6 Å². The number of fused-ring (bicyclic) bond motifs is 1. The van der Waals surface area contributed by atoms with Crippen LogP contribution in [0.1, 0.15) is 13.3 Å². The van der Waals surface area contributed by atoms with Gasteiger partial charge in [-0.15, -0.1) is 5.10 Å². The van der Waals surface area contributed by atoms with E-state index >= 15 is 0 Å². The minimum atomic E-state index is -0.878. The largest absolute Gasteiger partial charge is 0.497 e. The molecule has 0 aliphatic rings. The second-order valence-electron chi connectivity index (χ2n) is 4.90. The van der Waals surface area contributed by atoms with Gasteiger partial charge in [0.2, 0.25) is 0 Å². The van der Waals surface area contributed by atoms with E-state index in [9.17, 15) is 9.90 Å². The van der Waals surface area contributed by atoms with Crippen molar-refractivity contribution in [3.63, 3.8) is 0 Å². The smallest absolute Gasteiger partial charge is 0.317 e. The van der Waals surface area contributed by atoms with Crippen molar-refractivity contribution in [2.45, 2.75) is 23.6 Å². The normalized spacial score (nSPS) is 12.2. The molecule has 1 atom stereocenters. The molecule has 0 fully saturated rings. The summed E-state index contributed by atoms with van der Waals surface area (Å²) in [6.07, 6.45) is 1.88. The Morgan fingerprint density at radius 3 is 2.71 bits per heavy atom. The van der Waals surface area contributed by atoms with Crippen LogP contribution in [0.2, 0.25) is 0 Å². The Hall–Kier alpha value is -2.68. The molecule has 0 radical (unpaired) electrons. The van der Waals surface area contributed by atoms with Gasteiger partial charge in [-0.3, -0.25) is 4.79 Å². The first kappa shape index (κ1) is 16.2. The molecule has 8 nitrogen and oxygen atoms in total. The molecule has 124 valence electrons. The molecule has 0 amide bonds. The van der Waals surface area contributed by atoms with E-state index in [1.807, 2.05) is 31.2 Å². The molecule has 0 aliphatic heterocycles. The average molecular weight is 345 g/mol. The van der Waals surface area contributed by atoms with Crippen molar-refractivity contribution >= 4 is 28.9 Å². The van der Waals surface area contributed by atoms with Gasteiger partial charge in [0.25, 0.3) is 0 Å². The molecule has 2 heterocycles. The minimum Gasteiger partial charge on any atom is -0.497 e. The summed E-state index contributed by atoms with van der Waals surface area (Å²) in [5.41, 5.74) is 1.79. The summed E-state index contributed by atoms with van der Waals surface area (Å²) in [5.74, 6) is -0.141. The van der Waals surface area contributed by atoms with Crippen LogP contribution < -0.4 is 4.74 Å². The lowest BCUT2D eigenvalue weighted by Gasteiger charge is -2.08. The number of nitrogens with zero attached hydrogens (tertiary/aromatic N) is 5. The predicted molar refractivity (Wildman–Crippen MR) is 88.6 cm³/mol. The number of carboxylic acids is 1. The van der Waals surface area contributed by atoms with Gasteiger partial charge >= 0.3 is 5.97 Å². The Morgan fingerprint density at radius 2 is 2.08 bits per heavy atom. The zero-order chi connectivity index (χ0) is 17.1. The molecular weight excluding hydrogens is 330 g/mol. The lowest BCUT2D eigenvalue weighted by atomic mass is 10.3. The van der Waals surface area contributed by atoms with E-state index in [2.05, 4.69) is 20.3 Å². The molecule has 1 N–H and O–H groups in total. The first-order chi connectivity index (χ1) is 11.6. The van der Waals surface area contributed by atoms with Gasteiger partial charge in [0.15, 0.2) is 11.2 Å². The molecule has 3 aromatic rings. The van der Waals surface area contributed by atoms with Crippen molar-refractivity contribution in [1.82, 2.24) is 25.0 Å². The molecule has 2 aromatic heterocycles.